The number of benzene rings is 3. The molecule has 2 N–H and O–H groups in total. The maximum atomic E-state index is 14.0. The molecular formula is C36H45ClN4O2. The second-order valence-electron chi connectivity index (χ2n) is 12.1. The van der Waals surface area contributed by atoms with Crippen LogP contribution in [0.2, 0.25) is 5.02 Å². The SMILES string of the molecule is Cc1ccccc1C(=O)Nc1ccc(C(=O)N2CCCC(NCCCCCN3CCCCC3)c3cc(Cl)ccc32)c(C)c1. The van der Waals surface area contributed by atoms with Crippen LogP contribution < -0.4 is 15.5 Å². The number of nitrogens with one attached hydrogen (secondary N) is 2. The molecule has 0 aromatic heterocycles. The van der Waals surface area contributed by atoms with Crippen LogP contribution in [0.4, 0.5) is 11.4 Å². The van der Waals surface area contributed by atoms with Crippen LogP contribution in [0.15, 0.2) is 60.7 Å². The van der Waals surface area contributed by atoms with Gasteiger partial charge in [0.25, 0.3) is 11.8 Å². The Morgan fingerprint density at radius 3 is 2.44 bits per heavy atom. The molecule has 0 radical (unpaired) electrons. The second-order valence-corrected chi connectivity index (χ2v) is 12.5. The molecule has 2 amide bonds. The molecule has 6 nitrogen and oxygen atoms in total. The van der Waals surface area contributed by atoms with Gasteiger partial charge in [0.2, 0.25) is 0 Å². The molecule has 1 atom stereocenters. The van der Waals surface area contributed by atoms with Crippen molar-refractivity contribution in [2.45, 2.75) is 71.3 Å². The quantitative estimate of drug-likeness (QED) is 0.232. The summed E-state index contributed by atoms with van der Waals surface area (Å²) in [5.74, 6) is -0.188. The van der Waals surface area contributed by atoms with Gasteiger partial charge in [-0.1, -0.05) is 42.6 Å². The highest BCUT2D eigenvalue weighted by atomic mass is 35.5. The molecule has 0 bridgehead atoms. The highest BCUT2D eigenvalue weighted by Crippen LogP contribution is 2.36. The number of hydrogen-bond acceptors (Lipinski definition) is 4. The lowest BCUT2D eigenvalue weighted by atomic mass is 10.0. The predicted octanol–water partition coefficient (Wildman–Crippen LogP) is 7.94. The average Bonchev–Trinajstić information content (AvgIpc) is 3.18. The fraction of sp³-hybridized carbons (Fsp3) is 0.444. The summed E-state index contributed by atoms with van der Waals surface area (Å²) >= 11 is 6.48. The van der Waals surface area contributed by atoms with Gasteiger partial charge in [-0.2, -0.15) is 0 Å². The van der Waals surface area contributed by atoms with Crippen molar-refractivity contribution in [2.75, 3.05) is 42.9 Å². The number of hydrogen-bond donors (Lipinski definition) is 2. The van der Waals surface area contributed by atoms with Crippen molar-refractivity contribution in [3.63, 3.8) is 0 Å². The molecule has 5 rings (SSSR count). The Hall–Kier alpha value is -3.19. The van der Waals surface area contributed by atoms with Crippen molar-refractivity contribution in [3.8, 4) is 0 Å². The van der Waals surface area contributed by atoms with Crippen LogP contribution in [0, 0.1) is 13.8 Å². The van der Waals surface area contributed by atoms with E-state index in [0.717, 1.165) is 48.2 Å². The Morgan fingerprint density at radius 2 is 1.65 bits per heavy atom. The zero-order chi connectivity index (χ0) is 30.2. The van der Waals surface area contributed by atoms with Crippen molar-refractivity contribution in [1.82, 2.24) is 10.2 Å². The molecule has 3 aromatic carbocycles. The van der Waals surface area contributed by atoms with Crippen molar-refractivity contribution in [1.29, 1.82) is 0 Å². The second kappa shape index (κ2) is 15.0. The Labute approximate surface area is 261 Å². The van der Waals surface area contributed by atoms with E-state index in [1.54, 1.807) is 0 Å². The fourth-order valence-corrected chi connectivity index (χ4v) is 6.63. The number of nitrogens with zero attached hydrogens (tertiary/aromatic N) is 2. The number of halogens is 1. The maximum Gasteiger partial charge on any atom is 0.258 e. The molecule has 228 valence electrons. The summed E-state index contributed by atoms with van der Waals surface area (Å²) in [5, 5.41) is 7.46. The first-order chi connectivity index (χ1) is 20.9. The van der Waals surface area contributed by atoms with Crippen LogP contribution in [0.1, 0.15) is 94.8 Å². The summed E-state index contributed by atoms with van der Waals surface area (Å²) in [7, 11) is 0. The zero-order valence-corrected chi connectivity index (χ0v) is 26.4. The molecule has 2 aliphatic rings. The third-order valence-electron chi connectivity index (χ3n) is 8.87. The highest BCUT2D eigenvalue weighted by molar-refractivity contribution is 6.30. The predicted molar refractivity (Wildman–Crippen MR) is 178 cm³/mol. The molecule has 43 heavy (non-hydrogen) atoms. The Morgan fingerprint density at radius 1 is 0.837 bits per heavy atom. The van der Waals surface area contributed by atoms with E-state index in [4.69, 9.17) is 11.6 Å². The van der Waals surface area contributed by atoms with E-state index in [9.17, 15) is 9.59 Å². The van der Waals surface area contributed by atoms with Gasteiger partial charge in [0, 0.05) is 40.1 Å². The van der Waals surface area contributed by atoms with Crippen LogP contribution in [0.3, 0.4) is 0 Å². The number of aryl methyl sites for hydroxylation is 2. The van der Waals surface area contributed by atoms with Gasteiger partial charge in [0.15, 0.2) is 0 Å². The molecule has 0 aliphatic carbocycles. The van der Waals surface area contributed by atoms with Crippen LogP contribution in [-0.4, -0.2) is 49.4 Å². The van der Waals surface area contributed by atoms with E-state index in [2.05, 4.69) is 15.5 Å². The normalized spacial score (nSPS) is 17.3. The third-order valence-corrected chi connectivity index (χ3v) is 9.11. The summed E-state index contributed by atoms with van der Waals surface area (Å²) in [5.41, 5.74) is 5.70. The Bertz CT molecular complexity index is 1420. The lowest BCUT2D eigenvalue weighted by molar-refractivity contribution is 0.0985. The van der Waals surface area contributed by atoms with Crippen LogP contribution in [-0.2, 0) is 0 Å². The first-order valence-electron chi connectivity index (χ1n) is 16.0. The molecule has 3 aromatic rings. The van der Waals surface area contributed by atoms with E-state index < -0.39 is 0 Å². The minimum atomic E-state index is -0.157. The largest absolute Gasteiger partial charge is 0.322 e. The number of amides is 2. The van der Waals surface area contributed by atoms with Crippen molar-refractivity contribution in [2.24, 2.45) is 0 Å². The van der Waals surface area contributed by atoms with Crippen molar-refractivity contribution >= 4 is 34.8 Å². The van der Waals surface area contributed by atoms with Crippen molar-refractivity contribution < 1.29 is 9.59 Å². The van der Waals surface area contributed by atoms with Crippen LogP contribution in [0.25, 0.3) is 0 Å². The summed E-state index contributed by atoms with van der Waals surface area (Å²) < 4.78 is 0. The molecule has 0 saturated carbocycles. The standard InChI is InChI=1S/C36H45ClN4O2/c1-26-12-5-6-13-30(26)35(42)39-29-16-17-31(27(2)24-29)36(43)41-23-11-14-33(32-25-28(37)15-18-34(32)41)38-19-7-3-8-20-40-21-9-4-10-22-40/h5-6,12-13,15-18,24-25,33,38H,3-4,7-11,14,19-23H2,1-2H3,(H,39,42). The van der Waals surface area contributed by atoms with Gasteiger partial charge in [0.05, 0.1) is 0 Å². The lowest BCUT2D eigenvalue weighted by Gasteiger charge is -2.26. The van der Waals surface area contributed by atoms with Gasteiger partial charge >= 0.3 is 0 Å². The highest BCUT2D eigenvalue weighted by Gasteiger charge is 2.28. The maximum absolute atomic E-state index is 14.0. The fourth-order valence-electron chi connectivity index (χ4n) is 6.45. The van der Waals surface area contributed by atoms with Crippen LogP contribution in [0.5, 0.6) is 0 Å². The number of piperidine rings is 1. The molecule has 0 spiro atoms. The number of likely N-dealkylation sites (tertiary alicyclic amines) is 1. The minimum absolute atomic E-state index is 0.0313. The number of unbranched alkanes of at least 4 members (excludes halogenated alkanes) is 2. The zero-order valence-electron chi connectivity index (χ0n) is 25.6. The van der Waals surface area contributed by atoms with E-state index >= 15 is 0 Å². The first-order valence-corrected chi connectivity index (χ1v) is 16.3. The lowest BCUT2D eigenvalue weighted by Crippen LogP contribution is -2.32. The van der Waals surface area contributed by atoms with Gasteiger partial charge in [-0.05, 0) is 138 Å². The van der Waals surface area contributed by atoms with E-state index in [1.165, 1.54) is 51.7 Å². The van der Waals surface area contributed by atoms with Gasteiger partial charge in [0.1, 0.15) is 0 Å². The van der Waals surface area contributed by atoms with E-state index in [1.807, 2.05) is 79.4 Å². The van der Waals surface area contributed by atoms with Crippen LogP contribution >= 0.6 is 11.6 Å². The summed E-state index contributed by atoms with van der Waals surface area (Å²) in [6.07, 6.45) is 9.56. The van der Waals surface area contributed by atoms with Gasteiger partial charge in [-0.25, -0.2) is 0 Å². The molecule has 1 fully saturated rings. The summed E-state index contributed by atoms with van der Waals surface area (Å²) in [4.78, 5) is 31.3. The number of fused-ring (bicyclic) bond motifs is 1. The molecule has 7 heteroatoms. The Kier molecular flexibility index (Phi) is 10.9. The minimum Gasteiger partial charge on any atom is -0.322 e. The summed E-state index contributed by atoms with van der Waals surface area (Å²) in [6.45, 7) is 9.20. The number of rotatable bonds is 10. The Balaban J connectivity index is 1.23. The monoisotopic (exact) mass is 600 g/mol. The average molecular weight is 601 g/mol. The van der Waals surface area contributed by atoms with Gasteiger partial charge in [-0.3, -0.25) is 9.59 Å². The first kappa shape index (κ1) is 31.2. The number of anilines is 2. The third kappa shape index (κ3) is 8.05. The van der Waals surface area contributed by atoms with Gasteiger partial charge in [-0.15, -0.1) is 0 Å². The smallest absolute Gasteiger partial charge is 0.258 e. The molecule has 1 saturated heterocycles. The van der Waals surface area contributed by atoms with E-state index in [0.29, 0.717) is 28.4 Å². The topological polar surface area (TPSA) is 64.7 Å². The number of carbonyl (C=O) groups excluding carboxylic acids is 2. The molecule has 1 unspecified atom stereocenters. The molecule has 2 heterocycles. The van der Waals surface area contributed by atoms with Crippen molar-refractivity contribution in [3.05, 3.63) is 93.5 Å². The van der Waals surface area contributed by atoms with Gasteiger partial charge < -0.3 is 20.4 Å². The molecule has 2 aliphatic heterocycles. The molecular weight excluding hydrogens is 556 g/mol. The summed E-state index contributed by atoms with van der Waals surface area (Å²) in [6, 6.07) is 19.1. The number of carbonyl (C=O) groups is 2. The van der Waals surface area contributed by atoms with E-state index in [-0.39, 0.29) is 17.9 Å².